The fraction of sp³-hybridized carbons (Fsp3) is 0.471. The smallest absolute Gasteiger partial charge is 0.229 e. The van der Waals surface area contributed by atoms with E-state index in [9.17, 15) is 9.59 Å². The van der Waals surface area contributed by atoms with Gasteiger partial charge in [-0.05, 0) is 24.1 Å². The fourth-order valence-electron chi connectivity index (χ4n) is 2.70. The van der Waals surface area contributed by atoms with Gasteiger partial charge >= 0.3 is 0 Å². The lowest BCUT2D eigenvalue weighted by Gasteiger charge is -2.26. The molecule has 25 heavy (non-hydrogen) atoms. The zero-order chi connectivity index (χ0) is 17.5. The Morgan fingerprint density at radius 1 is 1.32 bits per heavy atom. The summed E-state index contributed by atoms with van der Waals surface area (Å²) >= 11 is 6.00. The van der Waals surface area contributed by atoms with E-state index in [1.807, 2.05) is 36.2 Å². The summed E-state index contributed by atoms with van der Waals surface area (Å²) in [5.41, 5.74) is 1.08. The molecule has 0 radical (unpaired) electrons. The Balaban J connectivity index is 0.00000312. The summed E-state index contributed by atoms with van der Waals surface area (Å²) in [6.45, 7) is 1.49. The van der Waals surface area contributed by atoms with E-state index in [2.05, 4.69) is 10.3 Å². The molecule has 0 aromatic heterocycles. The molecule has 0 aliphatic carbocycles. The lowest BCUT2D eigenvalue weighted by molar-refractivity contribution is -0.147. The van der Waals surface area contributed by atoms with Gasteiger partial charge in [-0.2, -0.15) is 0 Å². The summed E-state index contributed by atoms with van der Waals surface area (Å²) in [7, 11) is 3.63. The first-order valence-electron chi connectivity index (χ1n) is 8.00. The van der Waals surface area contributed by atoms with E-state index in [4.69, 9.17) is 11.6 Å². The summed E-state index contributed by atoms with van der Waals surface area (Å²) in [6, 6.07) is 7.66. The van der Waals surface area contributed by atoms with Crippen molar-refractivity contribution in [2.75, 3.05) is 27.2 Å². The topological polar surface area (TPSA) is 65.0 Å². The number of guanidine groups is 1. The van der Waals surface area contributed by atoms with Crippen LogP contribution in [0, 0.1) is 0 Å². The Bertz CT molecular complexity index is 623. The first-order chi connectivity index (χ1) is 11.5. The van der Waals surface area contributed by atoms with Gasteiger partial charge in [0.25, 0.3) is 0 Å². The third kappa shape index (κ3) is 6.47. The molecular weight excluding hydrogens is 455 g/mol. The number of hydrogen-bond donors (Lipinski definition) is 1. The predicted octanol–water partition coefficient (Wildman–Crippen LogP) is 2.50. The number of nitrogens with zero attached hydrogens (tertiary/aromatic N) is 3. The molecule has 0 atom stereocenters. The highest BCUT2D eigenvalue weighted by Crippen LogP contribution is 2.13. The Morgan fingerprint density at radius 3 is 2.60 bits per heavy atom. The Kier molecular flexibility index (Phi) is 9.20. The predicted molar refractivity (Wildman–Crippen MR) is 110 cm³/mol. The average Bonchev–Trinajstić information content (AvgIpc) is 2.53. The van der Waals surface area contributed by atoms with Crippen LogP contribution >= 0.6 is 35.6 Å². The van der Waals surface area contributed by atoms with Crippen LogP contribution in [0.4, 0.5) is 0 Å². The van der Waals surface area contributed by atoms with Gasteiger partial charge in [0, 0.05) is 51.6 Å². The zero-order valence-electron chi connectivity index (χ0n) is 14.5. The second-order valence-electron chi connectivity index (χ2n) is 5.75. The van der Waals surface area contributed by atoms with Crippen LogP contribution in [0.1, 0.15) is 24.8 Å². The van der Waals surface area contributed by atoms with Crippen LogP contribution in [0.25, 0.3) is 0 Å². The van der Waals surface area contributed by atoms with Gasteiger partial charge in [-0.25, -0.2) is 0 Å². The maximum atomic E-state index is 11.8. The molecule has 1 aliphatic rings. The number of benzene rings is 1. The molecule has 0 saturated carbocycles. The Morgan fingerprint density at radius 2 is 2.00 bits per heavy atom. The number of hydrogen-bond acceptors (Lipinski definition) is 3. The number of piperidine rings is 1. The van der Waals surface area contributed by atoms with Crippen LogP contribution in [-0.4, -0.2) is 54.8 Å². The fourth-order valence-corrected chi connectivity index (χ4v) is 2.91. The van der Waals surface area contributed by atoms with Crippen LogP contribution in [-0.2, 0) is 16.1 Å². The number of nitrogens with one attached hydrogen (secondary N) is 1. The van der Waals surface area contributed by atoms with E-state index >= 15 is 0 Å². The largest absolute Gasteiger partial charge is 0.354 e. The molecule has 0 spiro atoms. The van der Waals surface area contributed by atoms with E-state index < -0.39 is 0 Å². The Hall–Kier alpha value is -1.35. The molecule has 2 rings (SSSR count). The third-order valence-electron chi connectivity index (χ3n) is 3.88. The lowest BCUT2D eigenvalue weighted by atomic mass is 10.1. The van der Waals surface area contributed by atoms with E-state index in [1.54, 1.807) is 7.05 Å². The highest BCUT2D eigenvalue weighted by atomic mass is 127. The van der Waals surface area contributed by atoms with Crippen molar-refractivity contribution in [1.29, 1.82) is 0 Å². The summed E-state index contributed by atoms with van der Waals surface area (Å²) in [4.78, 5) is 31.1. The molecule has 1 aromatic rings. The molecule has 0 unspecified atom stereocenters. The quantitative estimate of drug-likeness (QED) is 0.306. The molecule has 0 bridgehead atoms. The van der Waals surface area contributed by atoms with Crippen LogP contribution in [0.2, 0.25) is 5.02 Å². The van der Waals surface area contributed by atoms with Gasteiger partial charge in [0.15, 0.2) is 5.96 Å². The second kappa shape index (κ2) is 10.6. The molecule has 1 fully saturated rings. The molecule has 1 saturated heterocycles. The number of amides is 2. The number of halogens is 2. The molecule has 1 heterocycles. The summed E-state index contributed by atoms with van der Waals surface area (Å²) in [5, 5.41) is 3.89. The monoisotopic (exact) mass is 478 g/mol. The molecule has 1 aliphatic heterocycles. The number of likely N-dealkylation sites (tertiary alicyclic amines) is 1. The molecular formula is C17H24ClIN4O2. The van der Waals surface area contributed by atoms with Gasteiger partial charge in [-0.15, -0.1) is 24.0 Å². The van der Waals surface area contributed by atoms with E-state index in [0.717, 1.165) is 5.56 Å². The maximum absolute atomic E-state index is 11.8. The van der Waals surface area contributed by atoms with Crippen molar-refractivity contribution in [2.24, 2.45) is 4.99 Å². The highest BCUT2D eigenvalue weighted by Gasteiger charge is 2.25. The van der Waals surface area contributed by atoms with Crippen LogP contribution in [0.15, 0.2) is 29.3 Å². The highest BCUT2D eigenvalue weighted by molar-refractivity contribution is 14.0. The van der Waals surface area contributed by atoms with Crippen molar-refractivity contribution in [3.8, 4) is 0 Å². The van der Waals surface area contributed by atoms with Gasteiger partial charge in [0.1, 0.15) is 0 Å². The van der Waals surface area contributed by atoms with Gasteiger partial charge in [0.2, 0.25) is 11.8 Å². The molecule has 2 amide bonds. The van der Waals surface area contributed by atoms with Crippen molar-refractivity contribution in [3.63, 3.8) is 0 Å². The first kappa shape index (κ1) is 21.7. The normalized spacial score (nSPS) is 15.0. The van der Waals surface area contributed by atoms with E-state index in [0.29, 0.717) is 49.9 Å². The van der Waals surface area contributed by atoms with Crippen molar-refractivity contribution < 1.29 is 9.59 Å². The molecule has 6 nitrogen and oxygen atoms in total. The standard InChI is InChI=1S/C17H23ClN4O2.HI/c1-19-17(21(2)12-13-5-3-6-14(18)11-13)20-9-10-22-15(23)7-4-8-16(22)24;/h3,5-6,11H,4,7-10,12H2,1-2H3,(H,19,20);1H. The second-order valence-corrected chi connectivity index (χ2v) is 6.19. The minimum absolute atomic E-state index is 0. The number of imide groups is 1. The SMILES string of the molecule is CN=C(NCCN1C(=O)CCCC1=O)N(C)Cc1cccc(Cl)c1.I. The number of carbonyl (C=O) groups is 2. The third-order valence-corrected chi connectivity index (χ3v) is 4.12. The summed E-state index contributed by atoms with van der Waals surface area (Å²) in [6.07, 6.45) is 1.57. The number of aliphatic imine (C=N–C) groups is 1. The van der Waals surface area contributed by atoms with Gasteiger partial charge < -0.3 is 10.2 Å². The van der Waals surface area contributed by atoms with Gasteiger partial charge in [-0.3, -0.25) is 19.5 Å². The van der Waals surface area contributed by atoms with Crippen molar-refractivity contribution in [2.45, 2.75) is 25.8 Å². The van der Waals surface area contributed by atoms with Crippen LogP contribution < -0.4 is 5.32 Å². The summed E-state index contributed by atoms with van der Waals surface area (Å²) < 4.78 is 0. The van der Waals surface area contributed by atoms with Gasteiger partial charge in [0.05, 0.1) is 0 Å². The number of rotatable bonds is 5. The van der Waals surface area contributed by atoms with E-state index in [-0.39, 0.29) is 35.8 Å². The molecule has 8 heteroatoms. The van der Waals surface area contributed by atoms with Crippen LogP contribution in [0.5, 0.6) is 0 Å². The number of carbonyl (C=O) groups excluding carboxylic acids is 2. The Labute approximate surface area is 170 Å². The minimum Gasteiger partial charge on any atom is -0.354 e. The van der Waals surface area contributed by atoms with E-state index in [1.165, 1.54) is 4.90 Å². The van der Waals surface area contributed by atoms with Crippen molar-refractivity contribution in [3.05, 3.63) is 34.9 Å². The average molecular weight is 479 g/mol. The van der Waals surface area contributed by atoms with Crippen molar-refractivity contribution >= 4 is 53.4 Å². The maximum Gasteiger partial charge on any atom is 0.229 e. The van der Waals surface area contributed by atoms with Crippen LogP contribution in [0.3, 0.4) is 0 Å². The summed E-state index contributed by atoms with van der Waals surface area (Å²) in [5.74, 6) is 0.525. The van der Waals surface area contributed by atoms with Gasteiger partial charge in [-0.1, -0.05) is 23.7 Å². The molecule has 1 aromatic carbocycles. The minimum atomic E-state index is -0.0877. The molecule has 138 valence electrons. The lowest BCUT2D eigenvalue weighted by Crippen LogP contribution is -2.46. The first-order valence-corrected chi connectivity index (χ1v) is 8.38. The van der Waals surface area contributed by atoms with Crippen molar-refractivity contribution in [1.82, 2.24) is 15.1 Å². The molecule has 1 N–H and O–H groups in total. The zero-order valence-corrected chi connectivity index (χ0v) is 17.6.